The van der Waals surface area contributed by atoms with Crippen molar-refractivity contribution in [3.8, 4) is 5.75 Å². The lowest BCUT2D eigenvalue weighted by molar-refractivity contribution is -0.274. The largest absolute Gasteiger partial charge is 0.573 e. The first kappa shape index (κ1) is 24.8. The van der Waals surface area contributed by atoms with Crippen molar-refractivity contribution >= 4 is 29.6 Å². The standard InChI is InChI=1S/C26H23F3N4O3/c1-25(14-18-4-2-3-5-19(18)15-25)36-24(34)33-21-8-6-17(7-9-21)23(30)32-16-31-20-10-12-22(13-11-20)35-26(27,28)29/h2-13,16H,14-15H2,1H3,(H,33,34)(H2,30,31,32). The van der Waals surface area contributed by atoms with E-state index in [0.29, 0.717) is 29.8 Å². The maximum atomic E-state index is 12.4. The first-order valence-electron chi connectivity index (χ1n) is 11.0. The number of carbonyl (C=O) groups is 1. The number of alkyl halides is 3. The van der Waals surface area contributed by atoms with Crippen LogP contribution in [0.25, 0.3) is 0 Å². The van der Waals surface area contributed by atoms with Gasteiger partial charge < -0.3 is 15.2 Å². The lowest BCUT2D eigenvalue weighted by atomic mass is 10.0. The van der Waals surface area contributed by atoms with Gasteiger partial charge in [0, 0.05) is 24.1 Å². The monoisotopic (exact) mass is 496 g/mol. The number of nitrogens with zero attached hydrogens (tertiary/aromatic N) is 2. The Labute approximate surface area is 205 Å². The van der Waals surface area contributed by atoms with E-state index in [9.17, 15) is 18.0 Å². The van der Waals surface area contributed by atoms with Gasteiger partial charge in [0.05, 0.1) is 5.69 Å². The highest BCUT2D eigenvalue weighted by atomic mass is 19.4. The van der Waals surface area contributed by atoms with E-state index in [1.54, 1.807) is 24.3 Å². The van der Waals surface area contributed by atoms with Crippen LogP contribution < -0.4 is 15.8 Å². The molecule has 3 aromatic carbocycles. The van der Waals surface area contributed by atoms with Gasteiger partial charge in [-0.05, 0) is 66.6 Å². The quantitative estimate of drug-likeness (QED) is 0.335. The number of rotatable bonds is 6. The molecule has 4 rings (SSSR count). The van der Waals surface area contributed by atoms with E-state index in [2.05, 4.69) is 20.0 Å². The van der Waals surface area contributed by atoms with Crippen LogP contribution in [0.2, 0.25) is 0 Å². The van der Waals surface area contributed by atoms with Crippen LogP contribution in [0.3, 0.4) is 0 Å². The Kier molecular flexibility index (Phi) is 6.96. The molecule has 0 saturated carbocycles. The second kappa shape index (κ2) is 10.1. The Morgan fingerprint density at radius 2 is 1.61 bits per heavy atom. The average molecular weight is 496 g/mol. The van der Waals surface area contributed by atoms with Crippen LogP contribution in [0, 0.1) is 0 Å². The van der Waals surface area contributed by atoms with Crippen molar-refractivity contribution in [3.05, 3.63) is 89.5 Å². The number of benzene rings is 3. The summed E-state index contributed by atoms with van der Waals surface area (Å²) in [6.45, 7) is 1.92. The topological polar surface area (TPSA) is 98.3 Å². The lowest BCUT2D eigenvalue weighted by Crippen LogP contribution is -2.34. The number of nitrogens with two attached hydrogens (primary N) is 1. The lowest BCUT2D eigenvalue weighted by Gasteiger charge is -2.24. The number of halogens is 3. The first-order chi connectivity index (χ1) is 17.1. The molecule has 0 atom stereocenters. The molecule has 3 N–H and O–H groups in total. The molecule has 1 aliphatic carbocycles. The molecule has 0 spiro atoms. The summed E-state index contributed by atoms with van der Waals surface area (Å²) in [5.74, 6) is -0.175. The number of ether oxygens (including phenoxy) is 2. The summed E-state index contributed by atoms with van der Waals surface area (Å²) in [5, 5.41) is 2.72. The molecule has 1 amide bonds. The van der Waals surface area contributed by atoms with Gasteiger partial charge in [0.2, 0.25) is 0 Å². The van der Waals surface area contributed by atoms with E-state index in [1.165, 1.54) is 29.6 Å². The zero-order valence-electron chi connectivity index (χ0n) is 19.3. The van der Waals surface area contributed by atoms with Gasteiger partial charge in [-0.2, -0.15) is 0 Å². The minimum Gasteiger partial charge on any atom is -0.442 e. The normalized spacial score (nSPS) is 14.9. The Hall–Kier alpha value is -4.34. The molecule has 7 nitrogen and oxygen atoms in total. The van der Waals surface area contributed by atoms with Crippen LogP contribution in [0.4, 0.5) is 29.3 Å². The first-order valence-corrected chi connectivity index (χ1v) is 11.0. The van der Waals surface area contributed by atoms with Gasteiger partial charge in [-0.25, -0.2) is 14.8 Å². The highest BCUT2D eigenvalue weighted by Crippen LogP contribution is 2.33. The molecule has 10 heteroatoms. The molecule has 0 bridgehead atoms. The Bertz CT molecular complexity index is 1260. The minimum absolute atomic E-state index is 0.168. The molecule has 3 aromatic rings. The van der Waals surface area contributed by atoms with Gasteiger partial charge in [0.25, 0.3) is 0 Å². The zero-order valence-corrected chi connectivity index (χ0v) is 19.3. The molecule has 0 aromatic heterocycles. The fourth-order valence-corrected chi connectivity index (χ4v) is 3.90. The van der Waals surface area contributed by atoms with Gasteiger partial charge in [0.1, 0.15) is 23.5 Å². The van der Waals surface area contributed by atoms with Gasteiger partial charge in [0.15, 0.2) is 0 Å². The SMILES string of the molecule is CC1(OC(=O)Nc2ccc(C(N)=NC=Nc3ccc(OC(F)(F)F)cc3)cc2)Cc2ccccc2C1. The van der Waals surface area contributed by atoms with E-state index < -0.39 is 18.1 Å². The predicted molar refractivity (Wildman–Crippen MR) is 131 cm³/mol. The smallest absolute Gasteiger partial charge is 0.442 e. The summed E-state index contributed by atoms with van der Waals surface area (Å²) in [4.78, 5) is 20.5. The summed E-state index contributed by atoms with van der Waals surface area (Å²) in [5.41, 5.74) is 9.24. The molecule has 0 radical (unpaired) electrons. The maximum Gasteiger partial charge on any atom is 0.573 e. The average Bonchev–Trinajstić information content (AvgIpc) is 3.15. The van der Waals surface area contributed by atoms with Crippen molar-refractivity contribution < 1.29 is 27.4 Å². The van der Waals surface area contributed by atoms with Crippen molar-refractivity contribution in [2.45, 2.75) is 31.7 Å². The van der Waals surface area contributed by atoms with E-state index in [0.717, 1.165) is 12.1 Å². The molecule has 1 aliphatic rings. The third kappa shape index (κ3) is 6.62. The van der Waals surface area contributed by atoms with Crippen LogP contribution >= 0.6 is 0 Å². The van der Waals surface area contributed by atoms with E-state index in [-0.39, 0.29) is 11.6 Å². The molecule has 0 heterocycles. The number of amides is 1. The summed E-state index contributed by atoms with van der Waals surface area (Å²) in [6, 6.07) is 19.7. The number of nitrogens with one attached hydrogen (secondary N) is 1. The molecule has 186 valence electrons. The summed E-state index contributed by atoms with van der Waals surface area (Å²) in [7, 11) is 0. The van der Waals surface area contributed by atoms with Gasteiger partial charge in [-0.15, -0.1) is 13.2 Å². The number of amidine groups is 1. The van der Waals surface area contributed by atoms with E-state index in [4.69, 9.17) is 10.5 Å². The van der Waals surface area contributed by atoms with Crippen molar-refractivity contribution in [2.75, 3.05) is 5.32 Å². The molecule has 0 aliphatic heterocycles. The zero-order chi connectivity index (χ0) is 25.8. The second-order valence-electron chi connectivity index (χ2n) is 8.46. The number of hydrogen-bond donors (Lipinski definition) is 2. The van der Waals surface area contributed by atoms with Crippen molar-refractivity contribution in [1.29, 1.82) is 0 Å². The molecule has 0 unspecified atom stereocenters. The highest BCUT2D eigenvalue weighted by Gasteiger charge is 2.36. The fraction of sp³-hybridized carbons (Fsp3) is 0.192. The summed E-state index contributed by atoms with van der Waals surface area (Å²) >= 11 is 0. The highest BCUT2D eigenvalue weighted by molar-refractivity contribution is 6.01. The minimum atomic E-state index is -4.75. The third-order valence-corrected chi connectivity index (χ3v) is 5.49. The van der Waals surface area contributed by atoms with Crippen LogP contribution in [-0.4, -0.2) is 30.2 Å². The van der Waals surface area contributed by atoms with E-state index >= 15 is 0 Å². The van der Waals surface area contributed by atoms with Crippen LogP contribution in [0.15, 0.2) is 82.8 Å². The van der Waals surface area contributed by atoms with Gasteiger partial charge in [-0.3, -0.25) is 5.32 Å². The van der Waals surface area contributed by atoms with Gasteiger partial charge in [-0.1, -0.05) is 24.3 Å². The van der Waals surface area contributed by atoms with Crippen molar-refractivity contribution in [3.63, 3.8) is 0 Å². The molecule has 0 fully saturated rings. The summed E-state index contributed by atoms with van der Waals surface area (Å²) < 4.78 is 46.2. The number of anilines is 1. The number of hydrogen-bond acceptors (Lipinski definition) is 4. The Balaban J connectivity index is 1.30. The second-order valence-corrected chi connectivity index (χ2v) is 8.46. The predicted octanol–water partition coefficient (Wildman–Crippen LogP) is 5.76. The van der Waals surface area contributed by atoms with Crippen LogP contribution in [0.5, 0.6) is 5.75 Å². The molecule has 0 saturated heterocycles. The van der Waals surface area contributed by atoms with Crippen LogP contribution in [0.1, 0.15) is 23.6 Å². The maximum absolute atomic E-state index is 12.4. The van der Waals surface area contributed by atoms with Crippen molar-refractivity contribution in [2.24, 2.45) is 15.7 Å². The number of aliphatic imine (C=N–C) groups is 2. The molecular formula is C26H23F3N4O3. The van der Waals surface area contributed by atoms with E-state index in [1.807, 2.05) is 31.2 Å². The molecular weight excluding hydrogens is 473 g/mol. The fourth-order valence-electron chi connectivity index (χ4n) is 3.90. The molecule has 36 heavy (non-hydrogen) atoms. The Morgan fingerprint density at radius 3 is 2.19 bits per heavy atom. The Morgan fingerprint density at radius 1 is 1.00 bits per heavy atom. The number of carbonyl (C=O) groups excluding carboxylic acids is 1. The number of fused-ring (bicyclic) bond motifs is 1. The summed E-state index contributed by atoms with van der Waals surface area (Å²) in [6.07, 6.45) is -2.78. The van der Waals surface area contributed by atoms with Crippen LogP contribution in [-0.2, 0) is 17.6 Å². The van der Waals surface area contributed by atoms with Crippen molar-refractivity contribution in [1.82, 2.24) is 0 Å². The third-order valence-electron chi connectivity index (χ3n) is 5.49. The van der Waals surface area contributed by atoms with Gasteiger partial charge >= 0.3 is 12.5 Å².